The first-order chi connectivity index (χ1) is 15.5. The van der Waals surface area contributed by atoms with E-state index in [4.69, 9.17) is 0 Å². The van der Waals surface area contributed by atoms with Crippen molar-refractivity contribution >= 4 is 9.84 Å². The molecule has 4 aromatic rings. The summed E-state index contributed by atoms with van der Waals surface area (Å²) in [6.07, 6.45) is -3.58. The molecule has 0 amide bonds. The van der Waals surface area contributed by atoms with Gasteiger partial charge in [0, 0.05) is 17.4 Å². The molecule has 4 nitrogen and oxygen atoms in total. The lowest BCUT2D eigenvalue weighted by Gasteiger charge is -2.13. The minimum atomic E-state index is -4.66. The van der Waals surface area contributed by atoms with E-state index in [1.807, 2.05) is 6.92 Å². The van der Waals surface area contributed by atoms with Crippen LogP contribution in [0.2, 0.25) is 0 Å². The minimum Gasteiger partial charge on any atom is -0.255 e. The number of sulfone groups is 1. The van der Waals surface area contributed by atoms with Gasteiger partial charge in [0.1, 0.15) is 5.69 Å². The lowest BCUT2D eigenvalue weighted by molar-refractivity contribution is -0.143. The van der Waals surface area contributed by atoms with Crippen molar-refractivity contribution in [1.29, 1.82) is 0 Å². The van der Waals surface area contributed by atoms with Crippen molar-refractivity contribution in [3.05, 3.63) is 95.7 Å². The molecule has 0 aliphatic heterocycles. The van der Waals surface area contributed by atoms with E-state index in [0.29, 0.717) is 16.7 Å². The van der Waals surface area contributed by atoms with Gasteiger partial charge in [-0.15, -0.1) is 0 Å². The average Bonchev–Trinajstić information content (AvgIpc) is 3.14. The molecule has 0 saturated carbocycles. The molecule has 170 valence electrons. The Bertz CT molecular complexity index is 1370. The van der Waals surface area contributed by atoms with E-state index >= 15 is 0 Å². The molecule has 0 spiro atoms. The van der Waals surface area contributed by atoms with Gasteiger partial charge in [-0.25, -0.2) is 8.42 Å². The van der Waals surface area contributed by atoms with E-state index in [-0.39, 0.29) is 22.7 Å². The molecule has 0 atom stereocenters. The van der Waals surface area contributed by atoms with Crippen LogP contribution in [0.3, 0.4) is 0 Å². The van der Waals surface area contributed by atoms with Gasteiger partial charge in [-0.2, -0.15) is 18.3 Å². The standard InChI is InChI=1S/C25H21F3N2O2S/c1-17-8-10-19(11-9-17)22-23(20-12-14-21(15-13-20)33(2,31)32)29-30(24(22)25(26,27)28)16-18-6-4-3-5-7-18/h3-15H,16H2,1-2H3. The Morgan fingerprint density at radius 1 is 0.848 bits per heavy atom. The van der Waals surface area contributed by atoms with E-state index in [2.05, 4.69) is 5.10 Å². The summed E-state index contributed by atoms with van der Waals surface area (Å²) >= 11 is 0. The van der Waals surface area contributed by atoms with Crippen molar-refractivity contribution in [2.24, 2.45) is 0 Å². The number of hydrogen-bond donors (Lipinski definition) is 0. The Balaban J connectivity index is 1.97. The van der Waals surface area contributed by atoms with Crippen LogP contribution in [-0.4, -0.2) is 24.5 Å². The quantitative estimate of drug-likeness (QED) is 0.360. The summed E-state index contributed by atoms with van der Waals surface area (Å²) in [5, 5.41) is 4.38. The number of benzene rings is 3. The monoisotopic (exact) mass is 470 g/mol. The third-order valence-corrected chi connectivity index (χ3v) is 6.42. The van der Waals surface area contributed by atoms with Crippen LogP contribution in [0, 0.1) is 6.92 Å². The predicted molar refractivity (Wildman–Crippen MR) is 121 cm³/mol. The predicted octanol–water partition coefficient (Wildman–Crippen LogP) is 6.00. The van der Waals surface area contributed by atoms with Gasteiger partial charge in [-0.3, -0.25) is 4.68 Å². The summed E-state index contributed by atoms with van der Waals surface area (Å²) in [6, 6.07) is 21.3. The number of halogens is 3. The molecule has 0 fully saturated rings. The van der Waals surface area contributed by atoms with Gasteiger partial charge in [0.25, 0.3) is 0 Å². The van der Waals surface area contributed by atoms with Crippen molar-refractivity contribution in [3.63, 3.8) is 0 Å². The Morgan fingerprint density at radius 3 is 1.97 bits per heavy atom. The van der Waals surface area contributed by atoms with Crippen molar-refractivity contribution in [2.45, 2.75) is 24.5 Å². The van der Waals surface area contributed by atoms with Crippen molar-refractivity contribution < 1.29 is 21.6 Å². The number of aryl methyl sites for hydroxylation is 1. The number of aromatic nitrogens is 2. The molecule has 8 heteroatoms. The first kappa shape index (κ1) is 22.8. The van der Waals surface area contributed by atoms with Crippen LogP contribution in [0.15, 0.2) is 83.8 Å². The van der Waals surface area contributed by atoms with Crippen LogP contribution >= 0.6 is 0 Å². The maximum atomic E-state index is 14.4. The molecule has 0 aliphatic rings. The first-order valence-corrected chi connectivity index (χ1v) is 12.0. The summed E-state index contributed by atoms with van der Waals surface area (Å²) in [5.74, 6) is 0. The SMILES string of the molecule is Cc1ccc(-c2c(-c3ccc(S(C)(=O)=O)cc3)nn(Cc3ccccc3)c2C(F)(F)F)cc1. The third-order valence-electron chi connectivity index (χ3n) is 5.29. The molecule has 0 aliphatic carbocycles. The maximum absolute atomic E-state index is 14.4. The highest BCUT2D eigenvalue weighted by Gasteiger charge is 2.40. The highest BCUT2D eigenvalue weighted by Crippen LogP contribution is 2.43. The maximum Gasteiger partial charge on any atom is 0.433 e. The topological polar surface area (TPSA) is 52.0 Å². The fraction of sp³-hybridized carbons (Fsp3) is 0.160. The van der Waals surface area contributed by atoms with Gasteiger partial charge >= 0.3 is 6.18 Å². The fourth-order valence-corrected chi connectivity index (χ4v) is 4.31. The van der Waals surface area contributed by atoms with Crippen LogP contribution in [0.5, 0.6) is 0 Å². The number of hydrogen-bond acceptors (Lipinski definition) is 3. The van der Waals surface area contributed by atoms with Crippen molar-refractivity contribution in [2.75, 3.05) is 6.26 Å². The molecule has 1 aromatic heterocycles. The second-order valence-electron chi connectivity index (χ2n) is 7.88. The highest BCUT2D eigenvalue weighted by atomic mass is 32.2. The summed E-state index contributed by atoms with van der Waals surface area (Å²) in [7, 11) is -3.44. The third kappa shape index (κ3) is 4.85. The zero-order chi connectivity index (χ0) is 23.8. The van der Waals surface area contributed by atoms with Gasteiger partial charge in [-0.05, 0) is 30.2 Å². The molecule has 3 aromatic carbocycles. The summed E-state index contributed by atoms with van der Waals surface area (Å²) in [5.41, 5.74) is 1.64. The van der Waals surface area contributed by atoms with Gasteiger partial charge in [-0.1, -0.05) is 72.3 Å². The van der Waals surface area contributed by atoms with Gasteiger partial charge in [0.2, 0.25) is 0 Å². The number of rotatable bonds is 5. The molecule has 0 bridgehead atoms. The molecule has 0 radical (unpaired) electrons. The van der Waals surface area contributed by atoms with E-state index in [1.165, 1.54) is 24.3 Å². The largest absolute Gasteiger partial charge is 0.433 e. The molecule has 0 unspecified atom stereocenters. The zero-order valence-electron chi connectivity index (χ0n) is 18.0. The van der Waals surface area contributed by atoms with Crippen LogP contribution in [0.4, 0.5) is 13.2 Å². The molecule has 1 heterocycles. The lowest BCUT2D eigenvalue weighted by atomic mass is 9.97. The van der Waals surface area contributed by atoms with Gasteiger partial charge < -0.3 is 0 Å². The normalized spacial score (nSPS) is 12.2. The smallest absolute Gasteiger partial charge is 0.255 e. The summed E-state index contributed by atoms with van der Waals surface area (Å²) < 4.78 is 67.8. The van der Waals surface area contributed by atoms with E-state index in [9.17, 15) is 21.6 Å². The Labute approximate surface area is 190 Å². The number of alkyl halides is 3. The molecule has 0 N–H and O–H groups in total. The van der Waals surface area contributed by atoms with E-state index in [0.717, 1.165) is 16.5 Å². The second kappa shape index (κ2) is 8.51. The first-order valence-electron chi connectivity index (χ1n) is 10.1. The minimum absolute atomic E-state index is 0.0365. The average molecular weight is 471 g/mol. The Hall–Kier alpha value is -3.39. The van der Waals surface area contributed by atoms with Crippen LogP contribution < -0.4 is 0 Å². The Kier molecular flexibility index (Phi) is 5.88. The van der Waals surface area contributed by atoms with Crippen LogP contribution in [0.1, 0.15) is 16.8 Å². The van der Waals surface area contributed by atoms with Gasteiger partial charge in [0.05, 0.1) is 11.4 Å². The van der Waals surface area contributed by atoms with Crippen molar-refractivity contribution in [3.8, 4) is 22.4 Å². The molecular formula is C25H21F3N2O2S. The second-order valence-corrected chi connectivity index (χ2v) is 9.89. The summed E-state index contributed by atoms with van der Waals surface area (Å²) in [6.45, 7) is 1.80. The highest BCUT2D eigenvalue weighted by molar-refractivity contribution is 7.90. The van der Waals surface area contributed by atoms with Crippen molar-refractivity contribution in [1.82, 2.24) is 9.78 Å². The van der Waals surface area contributed by atoms with Gasteiger partial charge in [0.15, 0.2) is 15.5 Å². The molecule has 4 rings (SSSR count). The molecular weight excluding hydrogens is 449 g/mol. The summed E-state index contributed by atoms with van der Waals surface area (Å²) in [4.78, 5) is 0.0860. The lowest BCUT2D eigenvalue weighted by Crippen LogP contribution is -2.16. The zero-order valence-corrected chi connectivity index (χ0v) is 18.8. The van der Waals surface area contributed by atoms with E-state index < -0.39 is 21.7 Å². The van der Waals surface area contributed by atoms with E-state index in [1.54, 1.807) is 54.6 Å². The molecule has 0 saturated heterocycles. The molecule has 33 heavy (non-hydrogen) atoms. The number of nitrogens with zero attached hydrogens (tertiary/aromatic N) is 2. The van der Waals surface area contributed by atoms with Crippen LogP contribution in [-0.2, 0) is 22.6 Å². The fourth-order valence-electron chi connectivity index (χ4n) is 3.68. The Morgan fingerprint density at radius 2 is 1.42 bits per heavy atom. The van der Waals surface area contributed by atoms with Crippen LogP contribution in [0.25, 0.3) is 22.4 Å².